The van der Waals surface area contributed by atoms with Crippen LogP contribution in [0.1, 0.15) is 10.5 Å². The summed E-state index contributed by atoms with van der Waals surface area (Å²) in [7, 11) is 3.37. The summed E-state index contributed by atoms with van der Waals surface area (Å²) in [5, 5.41) is 5.74. The van der Waals surface area contributed by atoms with Crippen molar-refractivity contribution in [2.75, 3.05) is 24.8 Å². The van der Waals surface area contributed by atoms with Crippen LogP contribution in [-0.2, 0) is 0 Å². The number of halogens is 1. The van der Waals surface area contributed by atoms with Gasteiger partial charge in [0, 0.05) is 17.6 Å². The number of carbonyl (C=O) groups is 1. The fourth-order valence-electron chi connectivity index (χ4n) is 1.59. The summed E-state index contributed by atoms with van der Waals surface area (Å²) >= 11 is 3.38. The molecule has 0 aliphatic heterocycles. The number of methoxy groups -OCH3 is 1. The molecule has 5 nitrogen and oxygen atoms in total. The number of anilines is 2. The lowest BCUT2D eigenvalue weighted by molar-refractivity contribution is 0.102. The zero-order valence-electron chi connectivity index (χ0n) is 11.1. The summed E-state index contributed by atoms with van der Waals surface area (Å²) in [5.74, 6) is 0.392. The molecule has 0 aliphatic rings. The fraction of sp³-hybridized carbons (Fsp3) is 0.143. The summed E-state index contributed by atoms with van der Waals surface area (Å²) in [4.78, 5) is 16.2. The largest absolute Gasteiger partial charge is 0.497 e. The minimum absolute atomic E-state index is 0.276. The number of aromatic nitrogens is 1. The van der Waals surface area contributed by atoms with Crippen molar-refractivity contribution in [2.24, 2.45) is 0 Å². The Bertz CT molecular complexity index is 614. The van der Waals surface area contributed by atoms with Gasteiger partial charge >= 0.3 is 0 Å². The number of benzene rings is 1. The summed E-state index contributed by atoms with van der Waals surface area (Å²) in [5.41, 5.74) is 1.83. The van der Waals surface area contributed by atoms with Crippen molar-refractivity contribution in [2.45, 2.75) is 0 Å². The van der Waals surface area contributed by atoms with Gasteiger partial charge in [-0.1, -0.05) is 0 Å². The van der Waals surface area contributed by atoms with E-state index in [0.29, 0.717) is 17.1 Å². The third kappa shape index (κ3) is 3.27. The van der Waals surface area contributed by atoms with Gasteiger partial charge in [-0.2, -0.15) is 0 Å². The molecule has 0 unspecified atom stereocenters. The second kappa shape index (κ2) is 6.38. The van der Waals surface area contributed by atoms with E-state index in [1.165, 1.54) is 0 Å². The minimum atomic E-state index is -0.276. The third-order valence-electron chi connectivity index (χ3n) is 2.71. The zero-order valence-corrected chi connectivity index (χ0v) is 12.7. The van der Waals surface area contributed by atoms with Crippen LogP contribution in [0.15, 0.2) is 41.0 Å². The number of carbonyl (C=O) groups excluding carboxylic acids is 1. The van der Waals surface area contributed by atoms with E-state index < -0.39 is 0 Å². The predicted octanol–water partition coefficient (Wildman–Crippen LogP) is 3.15. The van der Waals surface area contributed by atoms with Gasteiger partial charge < -0.3 is 15.4 Å². The van der Waals surface area contributed by atoms with E-state index in [2.05, 4.69) is 31.5 Å². The highest BCUT2D eigenvalue weighted by atomic mass is 79.9. The highest BCUT2D eigenvalue weighted by molar-refractivity contribution is 9.10. The Labute approximate surface area is 125 Å². The molecule has 0 fully saturated rings. The molecule has 0 bridgehead atoms. The highest BCUT2D eigenvalue weighted by Crippen LogP contribution is 2.27. The first-order chi connectivity index (χ1) is 9.63. The van der Waals surface area contributed by atoms with Crippen molar-refractivity contribution in [3.8, 4) is 5.75 Å². The van der Waals surface area contributed by atoms with Crippen LogP contribution in [-0.4, -0.2) is 25.0 Å². The average molecular weight is 336 g/mol. The van der Waals surface area contributed by atoms with Gasteiger partial charge in [0.1, 0.15) is 11.4 Å². The van der Waals surface area contributed by atoms with Gasteiger partial charge in [0.15, 0.2) is 0 Å². The van der Waals surface area contributed by atoms with Crippen LogP contribution in [0.4, 0.5) is 11.4 Å². The van der Waals surface area contributed by atoms with Crippen LogP contribution < -0.4 is 15.4 Å². The summed E-state index contributed by atoms with van der Waals surface area (Å²) in [6.45, 7) is 0. The molecule has 0 saturated heterocycles. The molecule has 1 amide bonds. The summed E-state index contributed by atoms with van der Waals surface area (Å²) in [6, 6.07) is 8.81. The lowest BCUT2D eigenvalue weighted by atomic mass is 10.2. The molecule has 104 valence electrons. The Balaban J connectivity index is 2.18. The van der Waals surface area contributed by atoms with E-state index in [9.17, 15) is 4.79 Å². The van der Waals surface area contributed by atoms with Gasteiger partial charge in [0.2, 0.25) is 0 Å². The smallest absolute Gasteiger partial charge is 0.274 e. The van der Waals surface area contributed by atoms with Gasteiger partial charge in [-0.3, -0.25) is 4.79 Å². The third-order valence-corrected chi connectivity index (χ3v) is 3.40. The number of rotatable bonds is 4. The van der Waals surface area contributed by atoms with Crippen molar-refractivity contribution in [3.05, 3.63) is 46.7 Å². The van der Waals surface area contributed by atoms with E-state index in [1.807, 2.05) is 6.07 Å². The number of hydrogen-bond donors (Lipinski definition) is 2. The molecule has 6 heteroatoms. The standard InChI is InChI=1S/C14H14BrN3O2/c1-16-9-3-6-12(17-8-9)14(19)18-13-7-10(20-2)4-5-11(13)15/h3-8,16H,1-2H3,(H,18,19). The molecule has 0 radical (unpaired) electrons. The Morgan fingerprint density at radius 3 is 2.70 bits per heavy atom. The topological polar surface area (TPSA) is 63.2 Å². The van der Waals surface area contributed by atoms with E-state index in [0.717, 1.165) is 10.2 Å². The van der Waals surface area contributed by atoms with E-state index in [4.69, 9.17) is 4.74 Å². The quantitative estimate of drug-likeness (QED) is 0.900. The molecule has 20 heavy (non-hydrogen) atoms. The Morgan fingerprint density at radius 1 is 1.30 bits per heavy atom. The molecule has 0 atom stereocenters. The number of hydrogen-bond acceptors (Lipinski definition) is 4. The molecule has 1 aromatic carbocycles. The second-order valence-electron chi connectivity index (χ2n) is 3.98. The highest BCUT2D eigenvalue weighted by Gasteiger charge is 2.10. The number of amides is 1. The Hall–Kier alpha value is -2.08. The molecule has 2 N–H and O–H groups in total. The molecular formula is C14H14BrN3O2. The minimum Gasteiger partial charge on any atom is -0.497 e. The molecule has 0 spiro atoms. The van der Waals surface area contributed by atoms with Crippen LogP contribution in [0.2, 0.25) is 0 Å². The normalized spacial score (nSPS) is 9.95. The van der Waals surface area contributed by atoms with E-state index in [-0.39, 0.29) is 5.91 Å². The van der Waals surface area contributed by atoms with Crippen molar-refractivity contribution in [3.63, 3.8) is 0 Å². The summed E-state index contributed by atoms with van der Waals surface area (Å²) in [6.07, 6.45) is 1.61. The van der Waals surface area contributed by atoms with Crippen molar-refractivity contribution in [1.82, 2.24) is 4.98 Å². The van der Waals surface area contributed by atoms with E-state index in [1.54, 1.807) is 44.6 Å². The van der Waals surface area contributed by atoms with Gasteiger partial charge in [-0.15, -0.1) is 0 Å². The van der Waals surface area contributed by atoms with Crippen molar-refractivity contribution in [1.29, 1.82) is 0 Å². The van der Waals surface area contributed by atoms with Crippen LogP contribution in [0.3, 0.4) is 0 Å². The Morgan fingerprint density at radius 2 is 2.10 bits per heavy atom. The molecule has 1 aromatic heterocycles. The van der Waals surface area contributed by atoms with Gasteiger partial charge in [0.05, 0.1) is 24.7 Å². The molecular weight excluding hydrogens is 322 g/mol. The van der Waals surface area contributed by atoms with Gasteiger partial charge in [-0.25, -0.2) is 4.98 Å². The average Bonchev–Trinajstić information content (AvgIpc) is 2.49. The number of nitrogens with zero attached hydrogens (tertiary/aromatic N) is 1. The maximum absolute atomic E-state index is 12.1. The van der Waals surface area contributed by atoms with Crippen LogP contribution in [0.25, 0.3) is 0 Å². The SMILES string of the molecule is CNc1ccc(C(=O)Nc2cc(OC)ccc2Br)nc1. The first-order valence-electron chi connectivity index (χ1n) is 5.92. The Kier molecular flexibility index (Phi) is 4.57. The number of nitrogens with one attached hydrogen (secondary N) is 2. The molecule has 2 rings (SSSR count). The maximum Gasteiger partial charge on any atom is 0.274 e. The summed E-state index contributed by atoms with van der Waals surface area (Å²) < 4.78 is 5.91. The van der Waals surface area contributed by atoms with Crippen LogP contribution >= 0.6 is 15.9 Å². The van der Waals surface area contributed by atoms with Crippen LogP contribution in [0, 0.1) is 0 Å². The lowest BCUT2D eigenvalue weighted by Crippen LogP contribution is -2.14. The predicted molar refractivity (Wildman–Crippen MR) is 82.4 cm³/mol. The van der Waals surface area contributed by atoms with Crippen molar-refractivity contribution < 1.29 is 9.53 Å². The first-order valence-corrected chi connectivity index (χ1v) is 6.72. The molecule has 1 heterocycles. The zero-order chi connectivity index (χ0) is 14.5. The molecule has 0 aliphatic carbocycles. The first kappa shape index (κ1) is 14.3. The monoisotopic (exact) mass is 335 g/mol. The maximum atomic E-state index is 12.1. The lowest BCUT2D eigenvalue weighted by Gasteiger charge is -2.09. The van der Waals surface area contributed by atoms with Gasteiger partial charge in [0.25, 0.3) is 5.91 Å². The second-order valence-corrected chi connectivity index (χ2v) is 4.84. The van der Waals surface area contributed by atoms with E-state index >= 15 is 0 Å². The van der Waals surface area contributed by atoms with Crippen LogP contribution in [0.5, 0.6) is 5.75 Å². The van der Waals surface area contributed by atoms with Gasteiger partial charge in [-0.05, 0) is 40.2 Å². The number of pyridine rings is 1. The molecule has 2 aromatic rings. The van der Waals surface area contributed by atoms with Crippen molar-refractivity contribution >= 4 is 33.2 Å². The fourth-order valence-corrected chi connectivity index (χ4v) is 1.94. The number of ether oxygens (including phenoxy) is 1. The molecule has 0 saturated carbocycles.